The number of aromatic nitrogens is 2. The van der Waals surface area contributed by atoms with Crippen molar-refractivity contribution in [2.24, 2.45) is 24.6 Å². The maximum Gasteiger partial charge on any atom is 0.408 e. The van der Waals surface area contributed by atoms with Crippen molar-refractivity contribution in [2.75, 3.05) is 13.1 Å². The van der Waals surface area contributed by atoms with E-state index < -0.39 is 71.5 Å². The van der Waals surface area contributed by atoms with E-state index in [4.69, 9.17) is 10.5 Å². The third kappa shape index (κ3) is 10.8. The van der Waals surface area contributed by atoms with Crippen molar-refractivity contribution in [1.82, 2.24) is 34.9 Å². The first-order valence-electron chi connectivity index (χ1n) is 21.7. The highest BCUT2D eigenvalue weighted by molar-refractivity contribution is 6.00. The smallest absolute Gasteiger partial charge is 0.408 e. The summed E-state index contributed by atoms with van der Waals surface area (Å²) in [5.41, 5.74) is 6.46. The minimum absolute atomic E-state index is 0.125. The van der Waals surface area contributed by atoms with Crippen LogP contribution in [0.5, 0.6) is 0 Å². The van der Waals surface area contributed by atoms with Crippen molar-refractivity contribution in [1.29, 1.82) is 0 Å². The van der Waals surface area contributed by atoms with E-state index in [-0.39, 0.29) is 75.0 Å². The third-order valence-electron chi connectivity index (χ3n) is 12.8. The maximum atomic E-state index is 14.3. The molecule has 2 aromatic rings. The van der Waals surface area contributed by atoms with Gasteiger partial charge in [0.1, 0.15) is 29.8 Å². The highest BCUT2D eigenvalue weighted by Gasteiger charge is 2.46. The van der Waals surface area contributed by atoms with Crippen LogP contribution < -0.4 is 27.4 Å². The molecule has 6 N–H and O–H groups in total. The number of amides is 7. The Morgan fingerprint density at radius 3 is 2.32 bits per heavy atom. The number of carbonyl (C=O) groups excluding carboxylic acids is 7. The highest BCUT2D eigenvalue weighted by atomic mass is 16.6. The Bertz CT molecular complexity index is 2150. The van der Waals surface area contributed by atoms with Gasteiger partial charge in [-0.05, 0) is 108 Å². The molecular weight excluding hydrogens is 805 g/mol. The first kappa shape index (κ1) is 45.8. The number of imide groups is 1. The Kier molecular flexibility index (Phi) is 14.1. The molecule has 5 atom stereocenters. The number of nitrogens with two attached hydrogens (primary N) is 1. The van der Waals surface area contributed by atoms with E-state index in [1.54, 1.807) is 32.7 Å². The molecule has 1 unspecified atom stereocenters. The number of fused-ring (bicyclic) bond motifs is 2. The number of hydrogen-bond acceptors (Lipinski definition) is 10. The van der Waals surface area contributed by atoms with Crippen molar-refractivity contribution in [2.45, 2.75) is 146 Å². The predicted octanol–water partition coefficient (Wildman–Crippen LogP) is 1.77. The van der Waals surface area contributed by atoms with Crippen molar-refractivity contribution in [3.63, 3.8) is 0 Å². The molecule has 1 saturated carbocycles. The van der Waals surface area contributed by atoms with Crippen molar-refractivity contribution >= 4 is 58.5 Å². The fraction of sp³-hybridized carbons (Fsp3) is 0.651. The van der Waals surface area contributed by atoms with Crippen LogP contribution in [0.1, 0.15) is 116 Å². The number of primary amides is 1. The topological polar surface area (TPSA) is 262 Å². The Morgan fingerprint density at radius 2 is 1.66 bits per heavy atom. The van der Waals surface area contributed by atoms with Gasteiger partial charge in [-0.15, -0.1) is 0 Å². The number of nitrogens with one attached hydrogen (secondary N) is 3. The molecule has 3 saturated heterocycles. The molecule has 1 aliphatic carbocycles. The Labute approximate surface area is 359 Å². The number of piperidine rings is 1. The molecule has 4 heterocycles. The molecule has 338 valence electrons. The summed E-state index contributed by atoms with van der Waals surface area (Å²) in [6, 6.07) is 1.01. The normalized spacial score (nSPS) is 25.0. The average molecular weight is 865 g/mol. The van der Waals surface area contributed by atoms with E-state index in [1.165, 1.54) is 14.0 Å². The molecule has 19 heteroatoms. The van der Waals surface area contributed by atoms with E-state index >= 15 is 0 Å². The van der Waals surface area contributed by atoms with Crippen LogP contribution in [0.15, 0.2) is 23.0 Å². The molecule has 7 amide bonds. The van der Waals surface area contributed by atoms with Gasteiger partial charge in [0.25, 0.3) is 0 Å². The number of aryl methyl sites for hydroxylation is 2. The number of nitrogens with zero attached hydrogens (tertiary/aromatic N) is 4. The molecule has 3 aliphatic heterocycles. The van der Waals surface area contributed by atoms with Crippen molar-refractivity contribution in [3.05, 3.63) is 34.2 Å². The second-order valence-corrected chi connectivity index (χ2v) is 18.4. The summed E-state index contributed by atoms with van der Waals surface area (Å²) in [5, 5.41) is 17.1. The van der Waals surface area contributed by atoms with Gasteiger partial charge in [-0.2, -0.15) is 0 Å². The summed E-state index contributed by atoms with van der Waals surface area (Å²) in [7, 11) is 1.68. The summed E-state index contributed by atoms with van der Waals surface area (Å²) >= 11 is 0. The molecule has 62 heavy (non-hydrogen) atoms. The molecule has 0 bridgehead atoms. The predicted molar refractivity (Wildman–Crippen MR) is 223 cm³/mol. The second kappa shape index (κ2) is 19.1. The lowest BCUT2D eigenvalue weighted by atomic mass is 9.78. The standard InChI is InChI=1S/C43H60N8O11/c1-43(2,3)62-41(60)46-29-23-49(20-19-27-12-15-31(50(27)39(29)57)37(55)45-28(40(58)59)13-17-34(44)52)36(54)22-26-9-6-24(7-10-26)5-8-25-11-14-30-33(21-25)48(4)42(61)51(30)32-16-18-35(53)47-38(32)56/h11,14,21,24,26-29,31-32H,5-10,12-13,15-20,22-23H2,1-4H3,(H2,44,52)(H,45,55)(H,46,60)(H,58,59)(H,47,53,56)/t24-,26+,27-,28+,29+,31+,32?/m1/s1. The number of carboxylic acid groups (broad SMARTS) is 1. The summed E-state index contributed by atoms with van der Waals surface area (Å²) in [6.07, 6.45) is 5.79. The lowest BCUT2D eigenvalue weighted by Crippen LogP contribution is -2.62. The highest BCUT2D eigenvalue weighted by Crippen LogP contribution is 2.35. The molecule has 19 nitrogen and oxygen atoms in total. The summed E-state index contributed by atoms with van der Waals surface area (Å²) < 4.78 is 8.48. The summed E-state index contributed by atoms with van der Waals surface area (Å²) in [6.45, 7) is 5.19. The van der Waals surface area contributed by atoms with Crippen LogP contribution in [-0.4, -0.2) is 114 Å². The van der Waals surface area contributed by atoms with E-state index in [2.05, 4.69) is 16.0 Å². The number of carboxylic acids is 1. The molecular formula is C43H60N8O11. The van der Waals surface area contributed by atoms with Gasteiger partial charge in [0, 0.05) is 38.9 Å². The zero-order valence-electron chi connectivity index (χ0n) is 36.0. The fourth-order valence-corrected chi connectivity index (χ4v) is 9.49. The van der Waals surface area contributed by atoms with Crippen LogP contribution in [0.25, 0.3) is 11.0 Å². The lowest BCUT2D eigenvalue weighted by molar-refractivity contribution is -0.147. The third-order valence-corrected chi connectivity index (χ3v) is 12.8. The zero-order chi connectivity index (χ0) is 45.0. The van der Waals surface area contributed by atoms with Gasteiger partial charge in [0.05, 0.1) is 17.6 Å². The number of rotatable bonds is 13. The molecule has 1 aromatic carbocycles. The van der Waals surface area contributed by atoms with Gasteiger partial charge in [0.15, 0.2) is 0 Å². The van der Waals surface area contributed by atoms with Gasteiger partial charge < -0.3 is 36.0 Å². The van der Waals surface area contributed by atoms with Crippen LogP contribution in [0.2, 0.25) is 0 Å². The van der Waals surface area contributed by atoms with E-state index in [0.29, 0.717) is 24.3 Å². The van der Waals surface area contributed by atoms with Crippen molar-refractivity contribution in [3.8, 4) is 0 Å². The molecule has 0 radical (unpaired) electrons. The number of aliphatic carboxylic acids is 1. The molecule has 6 rings (SSSR count). The maximum absolute atomic E-state index is 14.3. The van der Waals surface area contributed by atoms with Gasteiger partial charge in [-0.1, -0.05) is 18.9 Å². The Hall–Kier alpha value is -5.75. The number of alkyl carbamates (subject to hydrolysis) is 1. The minimum atomic E-state index is -1.39. The number of carbonyl (C=O) groups is 8. The number of benzene rings is 1. The first-order chi connectivity index (χ1) is 29.3. The molecule has 0 spiro atoms. The zero-order valence-corrected chi connectivity index (χ0v) is 36.0. The van der Waals surface area contributed by atoms with E-state index in [1.807, 2.05) is 18.2 Å². The van der Waals surface area contributed by atoms with Gasteiger partial charge >= 0.3 is 17.8 Å². The number of hydrogen-bond donors (Lipinski definition) is 5. The average Bonchev–Trinajstić information content (AvgIpc) is 3.72. The van der Waals surface area contributed by atoms with Gasteiger partial charge in [0.2, 0.25) is 35.4 Å². The van der Waals surface area contributed by atoms with Crippen molar-refractivity contribution < 1.29 is 48.2 Å². The summed E-state index contributed by atoms with van der Waals surface area (Å²) in [5.74, 6) is -3.66. The minimum Gasteiger partial charge on any atom is -0.480 e. The largest absolute Gasteiger partial charge is 0.480 e. The van der Waals surface area contributed by atoms with Crippen LogP contribution in [0.4, 0.5) is 4.79 Å². The summed E-state index contributed by atoms with van der Waals surface area (Å²) in [4.78, 5) is 119. The lowest BCUT2D eigenvalue weighted by Gasteiger charge is -2.39. The number of ether oxygens (including phenoxy) is 1. The van der Waals surface area contributed by atoms with Crippen LogP contribution in [0, 0.1) is 11.8 Å². The van der Waals surface area contributed by atoms with Crippen LogP contribution in [0.3, 0.4) is 0 Å². The second-order valence-electron chi connectivity index (χ2n) is 18.4. The Morgan fingerprint density at radius 1 is 0.952 bits per heavy atom. The monoisotopic (exact) mass is 864 g/mol. The quantitative estimate of drug-likeness (QED) is 0.181. The number of imidazole rings is 1. The molecule has 1 aromatic heterocycles. The molecule has 4 fully saturated rings. The van der Waals surface area contributed by atoms with E-state index in [9.17, 15) is 48.3 Å². The van der Waals surface area contributed by atoms with Crippen LogP contribution >= 0.6 is 0 Å². The van der Waals surface area contributed by atoms with Gasteiger partial charge in [-0.25, -0.2) is 14.4 Å². The molecule has 4 aliphatic rings. The Balaban J connectivity index is 1.06. The van der Waals surface area contributed by atoms with Crippen LogP contribution in [-0.2, 0) is 51.8 Å². The first-order valence-corrected chi connectivity index (χ1v) is 21.7. The van der Waals surface area contributed by atoms with Gasteiger partial charge in [-0.3, -0.25) is 43.2 Å². The fourth-order valence-electron chi connectivity index (χ4n) is 9.49. The van der Waals surface area contributed by atoms with E-state index in [0.717, 1.165) is 49.6 Å². The SMILES string of the molecule is Cn1c(=O)n(C2CCC(=O)NC2=O)c2ccc(CC[C@H]3CC[C@@H](CC(=O)N4CC[C@H]5CC[C@@H](C(=O)N[C@@H](CCC(N)=O)C(=O)O)N5C(=O)[C@@H](NC(=O)OC(C)(C)C)C4)CC3)cc21.